The first kappa shape index (κ1) is 15.1. The minimum absolute atomic E-state index is 0.0335. The van der Waals surface area contributed by atoms with Gasteiger partial charge in [-0.1, -0.05) is 0 Å². The number of rotatable bonds is 2. The maximum absolute atomic E-state index is 12.5. The lowest BCUT2D eigenvalue weighted by molar-refractivity contribution is 0.0718. The molecule has 0 spiro atoms. The lowest BCUT2D eigenvalue weighted by atomic mass is 10.2. The predicted octanol–water partition coefficient (Wildman–Crippen LogP) is 1.46. The molecule has 0 unspecified atom stereocenters. The zero-order valence-corrected chi connectivity index (χ0v) is 12.8. The van der Waals surface area contributed by atoms with Crippen molar-refractivity contribution in [3.63, 3.8) is 0 Å². The first-order chi connectivity index (χ1) is 11.3. The highest BCUT2D eigenvalue weighted by atomic mass is 16.2. The molecule has 6 nitrogen and oxygen atoms in total. The van der Waals surface area contributed by atoms with Gasteiger partial charge in [0.15, 0.2) is 0 Å². The van der Waals surface area contributed by atoms with Gasteiger partial charge in [0.1, 0.15) is 0 Å². The van der Waals surface area contributed by atoms with Gasteiger partial charge in [-0.15, -0.1) is 0 Å². The molecule has 0 saturated carbocycles. The van der Waals surface area contributed by atoms with E-state index in [4.69, 9.17) is 0 Å². The Hall–Kier alpha value is -2.76. The lowest BCUT2D eigenvalue weighted by Crippen LogP contribution is -2.37. The van der Waals surface area contributed by atoms with Gasteiger partial charge in [-0.3, -0.25) is 19.6 Å². The molecule has 1 aliphatic rings. The molecular weight excluding hydrogens is 292 g/mol. The summed E-state index contributed by atoms with van der Waals surface area (Å²) in [5.74, 6) is -0.0671. The van der Waals surface area contributed by atoms with E-state index in [0.717, 1.165) is 6.42 Å². The van der Waals surface area contributed by atoms with Crippen molar-refractivity contribution in [2.45, 2.75) is 6.42 Å². The van der Waals surface area contributed by atoms with E-state index in [0.29, 0.717) is 37.3 Å². The largest absolute Gasteiger partial charge is 0.337 e. The van der Waals surface area contributed by atoms with E-state index in [2.05, 4.69) is 9.97 Å². The van der Waals surface area contributed by atoms with Crippen molar-refractivity contribution in [1.82, 2.24) is 19.8 Å². The molecule has 118 valence electrons. The van der Waals surface area contributed by atoms with Crippen molar-refractivity contribution in [2.75, 3.05) is 26.2 Å². The summed E-state index contributed by atoms with van der Waals surface area (Å²) in [4.78, 5) is 36.5. The van der Waals surface area contributed by atoms with E-state index in [1.165, 1.54) is 0 Å². The van der Waals surface area contributed by atoms with E-state index in [1.54, 1.807) is 58.9 Å². The summed E-state index contributed by atoms with van der Waals surface area (Å²) in [6.45, 7) is 2.34. The van der Waals surface area contributed by atoms with Gasteiger partial charge in [0.25, 0.3) is 11.8 Å². The zero-order valence-electron chi connectivity index (χ0n) is 12.8. The monoisotopic (exact) mass is 310 g/mol. The van der Waals surface area contributed by atoms with Crippen LogP contribution < -0.4 is 0 Å². The molecule has 6 heteroatoms. The SMILES string of the molecule is O=C(c1cccnc1)N1CCCN(C(=O)c2cccnc2)CC1. The summed E-state index contributed by atoms with van der Waals surface area (Å²) < 4.78 is 0. The normalized spacial score (nSPS) is 15.1. The van der Waals surface area contributed by atoms with Gasteiger partial charge in [0.2, 0.25) is 0 Å². The maximum Gasteiger partial charge on any atom is 0.255 e. The number of carbonyl (C=O) groups excluding carboxylic acids is 2. The number of hydrogen-bond donors (Lipinski definition) is 0. The summed E-state index contributed by atoms with van der Waals surface area (Å²) in [6.07, 6.45) is 7.20. The second-order valence-corrected chi connectivity index (χ2v) is 5.42. The van der Waals surface area contributed by atoms with Crippen LogP contribution in [-0.2, 0) is 0 Å². The molecule has 3 rings (SSSR count). The summed E-state index contributed by atoms with van der Waals surface area (Å²) in [6, 6.07) is 7.03. The van der Waals surface area contributed by atoms with Crippen LogP contribution in [0.1, 0.15) is 27.1 Å². The molecule has 2 amide bonds. The van der Waals surface area contributed by atoms with Gasteiger partial charge in [0.05, 0.1) is 11.1 Å². The van der Waals surface area contributed by atoms with Crippen LogP contribution in [0.2, 0.25) is 0 Å². The molecule has 2 aromatic rings. The van der Waals surface area contributed by atoms with Gasteiger partial charge < -0.3 is 9.80 Å². The van der Waals surface area contributed by atoms with Gasteiger partial charge in [0, 0.05) is 51.0 Å². The fourth-order valence-electron chi connectivity index (χ4n) is 2.67. The van der Waals surface area contributed by atoms with Crippen LogP contribution >= 0.6 is 0 Å². The van der Waals surface area contributed by atoms with Crippen molar-refractivity contribution in [3.05, 3.63) is 60.2 Å². The number of pyridine rings is 2. The summed E-state index contributed by atoms with van der Waals surface area (Å²) in [7, 11) is 0. The molecule has 0 aliphatic carbocycles. The topological polar surface area (TPSA) is 66.4 Å². The Kier molecular flexibility index (Phi) is 4.61. The third kappa shape index (κ3) is 3.53. The van der Waals surface area contributed by atoms with Crippen molar-refractivity contribution in [2.24, 2.45) is 0 Å². The average Bonchev–Trinajstić information content (AvgIpc) is 2.88. The van der Waals surface area contributed by atoms with E-state index >= 15 is 0 Å². The third-order valence-electron chi connectivity index (χ3n) is 3.89. The van der Waals surface area contributed by atoms with Crippen molar-refractivity contribution in [3.8, 4) is 0 Å². The Morgan fingerprint density at radius 1 is 0.783 bits per heavy atom. The molecule has 2 aromatic heterocycles. The Bertz CT molecular complexity index is 616. The molecule has 23 heavy (non-hydrogen) atoms. The number of amides is 2. The minimum atomic E-state index is -0.0335. The van der Waals surface area contributed by atoms with Crippen LogP contribution in [0.25, 0.3) is 0 Å². The molecule has 0 atom stereocenters. The van der Waals surface area contributed by atoms with Gasteiger partial charge >= 0.3 is 0 Å². The maximum atomic E-state index is 12.5. The summed E-state index contributed by atoms with van der Waals surface area (Å²) >= 11 is 0. The van der Waals surface area contributed by atoms with E-state index in [9.17, 15) is 9.59 Å². The molecule has 1 aliphatic heterocycles. The van der Waals surface area contributed by atoms with Crippen molar-refractivity contribution >= 4 is 11.8 Å². The Balaban J connectivity index is 1.66. The molecule has 0 radical (unpaired) electrons. The van der Waals surface area contributed by atoms with Crippen LogP contribution in [-0.4, -0.2) is 57.8 Å². The molecule has 0 aromatic carbocycles. The fourth-order valence-corrected chi connectivity index (χ4v) is 2.67. The molecule has 0 bridgehead atoms. The summed E-state index contributed by atoms with van der Waals surface area (Å²) in [5.41, 5.74) is 1.17. The van der Waals surface area contributed by atoms with Crippen LogP contribution in [0.15, 0.2) is 49.1 Å². The third-order valence-corrected chi connectivity index (χ3v) is 3.89. The fraction of sp³-hybridized carbons (Fsp3) is 0.294. The minimum Gasteiger partial charge on any atom is -0.337 e. The van der Waals surface area contributed by atoms with Crippen LogP contribution in [0.4, 0.5) is 0 Å². The van der Waals surface area contributed by atoms with Gasteiger partial charge in [-0.05, 0) is 30.7 Å². The second-order valence-electron chi connectivity index (χ2n) is 5.42. The summed E-state index contributed by atoms with van der Waals surface area (Å²) in [5, 5.41) is 0. The van der Waals surface area contributed by atoms with Crippen molar-refractivity contribution in [1.29, 1.82) is 0 Å². The second kappa shape index (κ2) is 7.00. The number of nitrogens with zero attached hydrogens (tertiary/aromatic N) is 4. The molecule has 1 saturated heterocycles. The smallest absolute Gasteiger partial charge is 0.255 e. The van der Waals surface area contributed by atoms with E-state index in [1.807, 2.05) is 0 Å². The Labute approximate surface area is 134 Å². The van der Waals surface area contributed by atoms with E-state index in [-0.39, 0.29) is 11.8 Å². The number of carbonyl (C=O) groups is 2. The standard InChI is InChI=1S/C17H18N4O2/c22-16(14-4-1-6-18-12-14)20-8-3-9-21(11-10-20)17(23)15-5-2-7-19-13-15/h1-2,4-7,12-13H,3,8-11H2. The first-order valence-corrected chi connectivity index (χ1v) is 7.64. The predicted molar refractivity (Wildman–Crippen MR) is 84.9 cm³/mol. The first-order valence-electron chi connectivity index (χ1n) is 7.64. The van der Waals surface area contributed by atoms with E-state index < -0.39 is 0 Å². The zero-order chi connectivity index (χ0) is 16.1. The number of hydrogen-bond acceptors (Lipinski definition) is 4. The highest BCUT2D eigenvalue weighted by molar-refractivity contribution is 5.95. The average molecular weight is 310 g/mol. The Morgan fingerprint density at radius 2 is 1.26 bits per heavy atom. The van der Waals surface area contributed by atoms with Crippen LogP contribution in [0.3, 0.4) is 0 Å². The lowest BCUT2D eigenvalue weighted by Gasteiger charge is -2.22. The Morgan fingerprint density at radius 3 is 1.65 bits per heavy atom. The highest BCUT2D eigenvalue weighted by Crippen LogP contribution is 2.11. The molecule has 0 N–H and O–H groups in total. The molecule has 3 heterocycles. The van der Waals surface area contributed by atoms with Crippen LogP contribution in [0, 0.1) is 0 Å². The van der Waals surface area contributed by atoms with Gasteiger partial charge in [-0.2, -0.15) is 0 Å². The highest BCUT2D eigenvalue weighted by Gasteiger charge is 2.23. The van der Waals surface area contributed by atoms with Crippen LogP contribution in [0.5, 0.6) is 0 Å². The molecular formula is C17H18N4O2. The van der Waals surface area contributed by atoms with Gasteiger partial charge in [-0.25, -0.2) is 0 Å². The molecule has 1 fully saturated rings. The van der Waals surface area contributed by atoms with Crippen molar-refractivity contribution < 1.29 is 9.59 Å². The quantitative estimate of drug-likeness (QED) is 0.842. The number of aromatic nitrogens is 2.